The van der Waals surface area contributed by atoms with Crippen LogP contribution in [0.4, 0.5) is 0 Å². The van der Waals surface area contributed by atoms with Crippen LogP contribution >= 0.6 is 0 Å². The van der Waals surface area contributed by atoms with Gasteiger partial charge < -0.3 is 5.11 Å². The molecule has 0 heterocycles. The number of benzene rings is 2. The minimum absolute atomic E-state index is 0.413. The van der Waals surface area contributed by atoms with Gasteiger partial charge in [-0.3, -0.25) is 0 Å². The third-order valence-electron chi connectivity index (χ3n) is 2.85. The molecule has 0 aromatic heterocycles. The van der Waals surface area contributed by atoms with Gasteiger partial charge in [0, 0.05) is 0 Å². The van der Waals surface area contributed by atoms with Crippen LogP contribution in [0.5, 0.6) is 0 Å². The van der Waals surface area contributed by atoms with Crippen molar-refractivity contribution in [2.45, 2.75) is 13.0 Å². The molecule has 0 amide bonds. The van der Waals surface area contributed by atoms with Crippen LogP contribution in [0.1, 0.15) is 24.2 Å². The van der Waals surface area contributed by atoms with Gasteiger partial charge in [0.1, 0.15) is 0 Å². The first-order chi connectivity index (χ1) is 8.20. The standard InChI is InChI=1S/C16H16O/c1-3-13-5-4-6-16(11-13)15-9-7-14(8-10-15)12(2)17/h3-12,17H,1H2,2H3. The van der Waals surface area contributed by atoms with Crippen LogP contribution in [0, 0.1) is 0 Å². The molecule has 0 spiro atoms. The fourth-order valence-corrected chi connectivity index (χ4v) is 1.80. The lowest BCUT2D eigenvalue weighted by atomic mass is 10.0. The Bertz CT molecular complexity index is 509. The maximum absolute atomic E-state index is 9.45. The predicted octanol–water partition coefficient (Wildman–Crippen LogP) is 4.05. The molecule has 0 aliphatic carbocycles. The van der Waals surface area contributed by atoms with E-state index in [1.807, 2.05) is 42.5 Å². The first-order valence-electron chi connectivity index (χ1n) is 5.71. The lowest BCUT2D eigenvalue weighted by Crippen LogP contribution is -1.90. The quantitative estimate of drug-likeness (QED) is 0.833. The van der Waals surface area contributed by atoms with Gasteiger partial charge in [-0.1, -0.05) is 55.1 Å². The molecule has 1 nitrogen and oxygen atoms in total. The molecule has 1 heteroatoms. The average Bonchev–Trinajstić information content (AvgIpc) is 2.39. The lowest BCUT2D eigenvalue weighted by molar-refractivity contribution is 0.199. The highest BCUT2D eigenvalue weighted by Gasteiger charge is 2.02. The topological polar surface area (TPSA) is 20.2 Å². The zero-order valence-electron chi connectivity index (χ0n) is 9.93. The fraction of sp³-hybridized carbons (Fsp3) is 0.125. The molecule has 2 rings (SSSR count). The van der Waals surface area contributed by atoms with Crippen molar-refractivity contribution in [2.75, 3.05) is 0 Å². The van der Waals surface area contributed by atoms with E-state index < -0.39 is 6.10 Å². The maximum Gasteiger partial charge on any atom is 0.0761 e. The third-order valence-corrected chi connectivity index (χ3v) is 2.85. The van der Waals surface area contributed by atoms with E-state index in [-0.39, 0.29) is 0 Å². The largest absolute Gasteiger partial charge is 0.389 e. The molecule has 0 fully saturated rings. The lowest BCUT2D eigenvalue weighted by Gasteiger charge is -2.07. The Labute approximate surface area is 102 Å². The second kappa shape index (κ2) is 4.98. The highest BCUT2D eigenvalue weighted by Crippen LogP contribution is 2.23. The van der Waals surface area contributed by atoms with Crippen molar-refractivity contribution in [3.8, 4) is 11.1 Å². The summed E-state index contributed by atoms with van der Waals surface area (Å²) < 4.78 is 0. The molecule has 2 aromatic rings. The first kappa shape index (κ1) is 11.6. The van der Waals surface area contributed by atoms with Crippen LogP contribution < -0.4 is 0 Å². The number of hydrogen-bond acceptors (Lipinski definition) is 1. The molecule has 86 valence electrons. The van der Waals surface area contributed by atoms with E-state index in [0.717, 1.165) is 16.7 Å². The van der Waals surface area contributed by atoms with Gasteiger partial charge >= 0.3 is 0 Å². The van der Waals surface area contributed by atoms with Gasteiger partial charge in [0.2, 0.25) is 0 Å². The van der Waals surface area contributed by atoms with Gasteiger partial charge in [-0.25, -0.2) is 0 Å². The second-order valence-electron chi connectivity index (χ2n) is 4.13. The maximum atomic E-state index is 9.45. The smallest absolute Gasteiger partial charge is 0.0761 e. The van der Waals surface area contributed by atoms with Crippen molar-refractivity contribution in [2.24, 2.45) is 0 Å². The molecule has 1 atom stereocenters. The van der Waals surface area contributed by atoms with Crippen LogP contribution in [0.3, 0.4) is 0 Å². The van der Waals surface area contributed by atoms with Gasteiger partial charge in [0.05, 0.1) is 6.10 Å². The van der Waals surface area contributed by atoms with Crippen molar-refractivity contribution in [3.05, 3.63) is 66.2 Å². The van der Waals surface area contributed by atoms with Gasteiger partial charge in [-0.15, -0.1) is 0 Å². The van der Waals surface area contributed by atoms with E-state index in [1.54, 1.807) is 6.92 Å². The van der Waals surface area contributed by atoms with E-state index in [0.29, 0.717) is 0 Å². The van der Waals surface area contributed by atoms with Crippen molar-refractivity contribution in [1.82, 2.24) is 0 Å². The minimum Gasteiger partial charge on any atom is -0.389 e. The number of aliphatic hydroxyl groups is 1. The molecule has 0 bridgehead atoms. The number of hydrogen-bond donors (Lipinski definition) is 1. The molecule has 1 N–H and O–H groups in total. The predicted molar refractivity (Wildman–Crippen MR) is 72.6 cm³/mol. The van der Waals surface area contributed by atoms with Crippen LogP contribution in [-0.4, -0.2) is 5.11 Å². The molecule has 0 saturated carbocycles. The summed E-state index contributed by atoms with van der Waals surface area (Å²) >= 11 is 0. The zero-order chi connectivity index (χ0) is 12.3. The van der Waals surface area contributed by atoms with Crippen molar-refractivity contribution >= 4 is 6.08 Å². The van der Waals surface area contributed by atoms with E-state index in [2.05, 4.69) is 18.7 Å². The minimum atomic E-state index is -0.413. The van der Waals surface area contributed by atoms with Crippen molar-refractivity contribution in [3.63, 3.8) is 0 Å². The summed E-state index contributed by atoms with van der Waals surface area (Å²) in [7, 11) is 0. The second-order valence-corrected chi connectivity index (χ2v) is 4.13. The monoisotopic (exact) mass is 224 g/mol. The fourth-order valence-electron chi connectivity index (χ4n) is 1.80. The number of aliphatic hydroxyl groups excluding tert-OH is 1. The van der Waals surface area contributed by atoms with Crippen molar-refractivity contribution < 1.29 is 5.11 Å². The Balaban J connectivity index is 2.36. The molecule has 0 saturated heterocycles. The van der Waals surface area contributed by atoms with E-state index in [4.69, 9.17) is 0 Å². The van der Waals surface area contributed by atoms with Gasteiger partial charge in [0.25, 0.3) is 0 Å². The molecule has 0 radical (unpaired) electrons. The molecule has 1 unspecified atom stereocenters. The Morgan fingerprint density at radius 3 is 2.35 bits per heavy atom. The Hall–Kier alpha value is -1.86. The molecule has 0 aliphatic rings. The van der Waals surface area contributed by atoms with Gasteiger partial charge in [-0.2, -0.15) is 0 Å². The van der Waals surface area contributed by atoms with Gasteiger partial charge in [0.15, 0.2) is 0 Å². The van der Waals surface area contributed by atoms with Gasteiger partial charge in [-0.05, 0) is 35.2 Å². The summed E-state index contributed by atoms with van der Waals surface area (Å²) in [5, 5.41) is 9.45. The summed E-state index contributed by atoms with van der Waals surface area (Å²) in [6.45, 7) is 5.54. The van der Waals surface area contributed by atoms with E-state index >= 15 is 0 Å². The van der Waals surface area contributed by atoms with Crippen LogP contribution in [0.25, 0.3) is 17.2 Å². The normalized spacial score (nSPS) is 12.1. The molecular formula is C16H16O. The summed E-state index contributed by atoms with van der Waals surface area (Å²) in [6, 6.07) is 16.2. The molecular weight excluding hydrogens is 208 g/mol. The summed E-state index contributed by atoms with van der Waals surface area (Å²) in [5.74, 6) is 0. The molecule has 0 aliphatic heterocycles. The summed E-state index contributed by atoms with van der Waals surface area (Å²) in [6.07, 6.45) is 1.43. The highest BCUT2D eigenvalue weighted by atomic mass is 16.3. The van der Waals surface area contributed by atoms with Crippen LogP contribution in [0.15, 0.2) is 55.1 Å². The van der Waals surface area contributed by atoms with E-state index in [1.165, 1.54) is 5.56 Å². The Morgan fingerprint density at radius 2 is 1.76 bits per heavy atom. The first-order valence-corrected chi connectivity index (χ1v) is 5.71. The highest BCUT2D eigenvalue weighted by molar-refractivity contribution is 5.67. The average molecular weight is 224 g/mol. The summed E-state index contributed by atoms with van der Waals surface area (Å²) in [5.41, 5.74) is 4.37. The molecule has 17 heavy (non-hydrogen) atoms. The Kier molecular flexibility index (Phi) is 3.40. The van der Waals surface area contributed by atoms with E-state index in [9.17, 15) is 5.11 Å². The summed E-state index contributed by atoms with van der Waals surface area (Å²) in [4.78, 5) is 0. The van der Waals surface area contributed by atoms with Crippen LogP contribution in [0.2, 0.25) is 0 Å². The third kappa shape index (κ3) is 2.63. The number of rotatable bonds is 3. The SMILES string of the molecule is C=Cc1cccc(-c2ccc(C(C)O)cc2)c1. The Morgan fingerprint density at radius 1 is 1.06 bits per heavy atom. The molecule has 2 aromatic carbocycles. The zero-order valence-corrected chi connectivity index (χ0v) is 9.93. The van der Waals surface area contributed by atoms with Crippen molar-refractivity contribution in [1.29, 1.82) is 0 Å². The van der Waals surface area contributed by atoms with Crippen LogP contribution in [-0.2, 0) is 0 Å².